The van der Waals surface area contributed by atoms with Crippen molar-refractivity contribution in [2.45, 2.75) is 71.6 Å². The van der Waals surface area contributed by atoms with Gasteiger partial charge in [0.05, 0.1) is 0 Å². The van der Waals surface area contributed by atoms with Gasteiger partial charge in [0.1, 0.15) is 5.84 Å². The van der Waals surface area contributed by atoms with Gasteiger partial charge in [-0.05, 0) is 74.5 Å². The SMILES string of the molecule is CC12CC3CC(C)(C1)CC(C(=N)N1CCCCC1)(C3)C2. The molecule has 0 aromatic heterocycles. The van der Waals surface area contributed by atoms with Gasteiger partial charge in [-0.1, -0.05) is 13.8 Å². The quantitative estimate of drug-likeness (QED) is 0.555. The molecule has 2 atom stereocenters. The van der Waals surface area contributed by atoms with E-state index in [9.17, 15) is 0 Å². The molecule has 5 rings (SSSR count). The molecule has 1 N–H and O–H groups in total. The molecule has 5 aliphatic rings. The van der Waals surface area contributed by atoms with Crippen molar-refractivity contribution in [3.05, 3.63) is 0 Å². The third-order valence-electron chi connectivity index (χ3n) is 6.80. The van der Waals surface area contributed by atoms with Crippen LogP contribution >= 0.6 is 0 Å². The molecule has 0 aromatic rings. The number of hydrogen-bond acceptors (Lipinski definition) is 1. The van der Waals surface area contributed by atoms with Gasteiger partial charge in [0.25, 0.3) is 0 Å². The molecule has 0 radical (unpaired) electrons. The number of nitrogens with zero attached hydrogens (tertiary/aromatic N) is 1. The zero-order valence-corrected chi connectivity index (χ0v) is 13.3. The standard InChI is InChI=1S/C18H30N2/c1-16-8-14-9-17(2,11-16)13-18(10-14,12-16)15(19)20-6-4-3-5-7-20/h14,19H,3-13H2,1-2H3. The van der Waals surface area contributed by atoms with Crippen LogP contribution in [0, 0.1) is 27.6 Å². The van der Waals surface area contributed by atoms with Gasteiger partial charge in [0.2, 0.25) is 0 Å². The zero-order valence-electron chi connectivity index (χ0n) is 13.3. The Kier molecular flexibility index (Phi) is 2.64. The highest BCUT2D eigenvalue weighted by atomic mass is 15.2. The summed E-state index contributed by atoms with van der Waals surface area (Å²) >= 11 is 0. The van der Waals surface area contributed by atoms with Crippen molar-refractivity contribution < 1.29 is 0 Å². The third-order valence-corrected chi connectivity index (χ3v) is 6.80. The molecule has 4 bridgehead atoms. The highest BCUT2D eigenvalue weighted by Crippen LogP contribution is 2.69. The fourth-order valence-electron chi connectivity index (χ4n) is 7.16. The second kappa shape index (κ2) is 4.01. The van der Waals surface area contributed by atoms with E-state index in [1.54, 1.807) is 0 Å². The van der Waals surface area contributed by atoms with Gasteiger partial charge in [-0.2, -0.15) is 0 Å². The maximum absolute atomic E-state index is 8.96. The van der Waals surface area contributed by atoms with Crippen LogP contribution < -0.4 is 0 Å². The normalized spacial score (nSPS) is 50.5. The van der Waals surface area contributed by atoms with Gasteiger partial charge >= 0.3 is 0 Å². The van der Waals surface area contributed by atoms with Gasteiger partial charge in [0.15, 0.2) is 0 Å². The van der Waals surface area contributed by atoms with E-state index in [1.165, 1.54) is 57.8 Å². The van der Waals surface area contributed by atoms with Crippen molar-refractivity contribution in [2.24, 2.45) is 22.2 Å². The Hall–Kier alpha value is -0.530. The number of hydrogen-bond donors (Lipinski definition) is 1. The van der Waals surface area contributed by atoms with E-state index >= 15 is 0 Å². The van der Waals surface area contributed by atoms with Crippen molar-refractivity contribution in [1.29, 1.82) is 5.41 Å². The molecule has 112 valence electrons. The lowest BCUT2D eigenvalue weighted by Crippen LogP contribution is -2.60. The summed E-state index contributed by atoms with van der Waals surface area (Å²) in [6.07, 6.45) is 12.2. The first kappa shape index (κ1) is 13.2. The average Bonchev–Trinajstić information content (AvgIpc) is 2.34. The van der Waals surface area contributed by atoms with E-state index in [0.717, 1.165) is 24.8 Å². The average molecular weight is 274 g/mol. The highest BCUT2D eigenvalue weighted by Gasteiger charge is 2.62. The van der Waals surface area contributed by atoms with Crippen molar-refractivity contribution >= 4 is 5.84 Å². The van der Waals surface area contributed by atoms with Crippen LogP contribution in [0.15, 0.2) is 0 Å². The summed E-state index contributed by atoms with van der Waals surface area (Å²) in [6, 6.07) is 0. The first-order valence-electron chi connectivity index (χ1n) is 8.76. The summed E-state index contributed by atoms with van der Waals surface area (Å²) in [5, 5.41) is 8.96. The molecule has 20 heavy (non-hydrogen) atoms. The Morgan fingerprint density at radius 1 is 0.900 bits per heavy atom. The second-order valence-corrected chi connectivity index (χ2v) is 9.31. The molecule has 0 spiro atoms. The maximum Gasteiger partial charge on any atom is 0.102 e. The van der Waals surface area contributed by atoms with Gasteiger partial charge in [-0.15, -0.1) is 0 Å². The minimum absolute atomic E-state index is 0.250. The molecule has 2 heteroatoms. The Morgan fingerprint density at radius 3 is 2.05 bits per heavy atom. The van der Waals surface area contributed by atoms with E-state index in [2.05, 4.69) is 18.7 Å². The lowest BCUT2D eigenvalue weighted by molar-refractivity contribution is -0.120. The summed E-state index contributed by atoms with van der Waals surface area (Å²) in [7, 11) is 0. The minimum Gasteiger partial charge on any atom is -0.360 e. The lowest BCUT2D eigenvalue weighted by atomic mass is 9.40. The molecule has 2 nitrogen and oxygen atoms in total. The van der Waals surface area contributed by atoms with E-state index in [0.29, 0.717) is 10.8 Å². The van der Waals surface area contributed by atoms with Crippen LogP contribution in [0.1, 0.15) is 71.6 Å². The molecule has 0 aromatic carbocycles. The Bertz CT molecular complexity index is 417. The van der Waals surface area contributed by atoms with Crippen LogP contribution in [0.3, 0.4) is 0 Å². The molecule has 5 fully saturated rings. The predicted octanol–water partition coefficient (Wildman–Crippen LogP) is 4.45. The molecule has 1 saturated heterocycles. The van der Waals surface area contributed by atoms with E-state index in [-0.39, 0.29) is 5.41 Å². The first-order valence-corrected chi connectivity index (χ1v) is 8.76. The topological polar surface area (TPSA) is 27.1 Å². The Balaban J connectivity index is 1.64. The summed E-state index contributed by atoms with van der Waals surface area (Å²) in [5.41, 5.74) is 1.33. The maximum atomic E-state index is 8.96. The zero-order chi connectivity index (χ0) is 14.0. The van der Waals surface area contributed by atoms with E-state index < -0.39 is 0 Å². The number of nitrogens with one attached hydrogen (secondary N) is 1. The van der Waals surface area contributed by atoms with Crippen molar-refractivity contribution in [3.8, 4) is 0 Å². The summed E-state index contributed by atoms with van der Waals surface area (Å²) in [5.74, 6) is 1.95. The summed E-state index contributed by atoms with van der Waals surface area (Å²) < 4.78 is 0. The van der Waals surface area contributed by atoms with Crippen LogP contribution in [-0.2, 0) is 0 Å². The molecule has 1 aliphatic heterocycles. The van der Waals surface area contributed by atoms with Crippen molar-refractivity contribution in [3.63, 3.8) is 0 Å². The molecule has 4 saturated carbocycles. The van der Waals surface area contributed by atoms with Gasteiger partial charge in [-0.3, -0.25) is 5.41 Å². The van der Waals surface area contributed by atoms with Crippen molar-refractivity contribution in [2.75, 3.05) is 13.1 Å². The number of rotatable bonds is 1. The molecular weight excluding hydrogens is 244 g/mol. The van der Waals surface area contributed by atoms with Crippen LogP contribution in [0.5, 0.6) is 0 Å². The van der Waals surface area contributed by atoms with Crippen LogP contribution in [0.4, 0.5) is 0 Å². The van der Waals surface area contributed by atoms with Gasteiger partial charge in [-0.25, -0.2) is 0 Å². The number of likely N-dealkylation sites (tertiary alicyclic amines) is 1. The van der Waals surface area contributed by atoms with Crippen molar-refractivity contribution in [1.82, 2.24) is 4.90 Å². The van der Waals surface area contributed by atoms with E-state index in [1.807, 2.05) is 0 Å². The summed E-state index contributed by atoms with van der Waals surface area (Å²) in [4.78, 5) is 2.45. The predicted molar refractivity (Wildman–Crippen MR) is 83.0 cm³/mol. The second-order valence-electron chi connectivity index (χ2n) is 9.31. The fraction of sp³-hybridized carbons (Fsp3) is 0.944. The summed E-state index contributed by atoms with van der Waals surface area (Å²) in [6.45, 7) is 7.35. The van der Waals surface area contributed by atoms with Gasteiger partial charge in [0, 0.05) is 18.5 Å². The molecular formula is C18H30N2. The molecule has 0 amide bonds. The molecule has 2 unspecified atom stereocenters. The smallest absolute Gasteiger partial charge is 0.102 e. The van der Waals surface area contributed by atoms with Crippen LogP contribution in [0.2, 0.25) is 0 Å². The lowest BCUT2D eigenvalue weighted by Gasteiger charge is -2.66. The van der Waals surface area contributed by atoms with E-state index in [4.69, 9.17) is 5.41 Å². The van der Waals surface area contributed by atoms with Gasteiger partial charge < -0.3 is 4.90 Å². The largest absolute Gasteiger partial charge is 0.360 e. The monoisotopic (exact) mass is 274 g/mol. The first-order chi connectivity index (χ1) is 9.42. The number of amidine groups is 1. The molecule has 1 heterocycles. The highest BCUT2D eigenvalue weighted by molar-refractivity contribution is 5.86. The molecule has 4 aliphatic carbocycles. The Labute approximate surface area is 123 Å². The number of piperidine rings is 1. The fourth-order valence-corrected chi connectivity index (χ4v) is 7.16. The third kappa shape index (κ3) is 1.86. The van der Waals surface area contributed by atoms with Crippen LogP contribution in [-0.4, -0.2) is 23.8 Å². The Morgan fingerprint density at radius 2 is 1.50 bits per heavy atom. The minimum atomic E-state index is 0.250. The van der Waals surface area contributed by atoms with Crippen LogP contribution in [0.25, 0.3) is 0 Å².